The van der Waals surface area contributed by atoms with E-state index in [9.17, 15) is 4.79 Å². The van der Waals surface area contributed by atoms with Crippen LogP contribution in [0, 0.1) is 13.8 Å². The van der Waals surface area contributed by atoms with Crippen molar-refractivity contribution in [1.29, 1.82) is 0 Å². The van der Waals surface area contributed by atoms with Gasteiger partial charge < -0.3 is 14.4 Å². The van der Waals surface area contributed by atoms with Gasteiger partial charge in [0.25, 0.3) is 0 Å². The number of amides is 1. The van der Waals surface area contributed by atoms with Crippen molar-refractivity contribution in [2.24, 2.45) is 0 Å². The number of aryl methyl sites for hydroxylation is 2. The number of rotatable bonds is 2. The summed E-state index contributed by atoms with van der Waals surface area (Å²) in [6.45, 7) is 10.1. The SMILES string of the molecule is Cc1cc2c(cc1C)C(C(=O)N1CCC(N3CCOCC3)CC1)CO2. The highest BCUT2D eigenvalue weighted by atomic mass is 16.5. The maximum absolute atomic E-state index is 13.1. The van der Waals surface area contributed by atoms with Gasteiger partial charge in [0.2, 0.25) is 5.91 Å². The van der Waals surface area contributed by atoms with E-state index < -0.39 is 0 Å². The molecule has 0 radical (unpaired) electrons. The summed E-state index contributed by atoms with van der Waals surface area (Å²) in [4.78, 5) is 17.6. The number of carbonyl (C=O) groups is 1. The van der Waals surface area contributed by atoms with Crippen LogP contribution >= 0.6 is 0 Å². The zero-order valence-corrected chi connectivity index (χ0v) is 15.3. The minimum Gasteiger partial charge on any atom is -0.492 e. The first kappa shape index (κ1) is 16.9. The predicted molar refractivity (Wildman–Crippen MR) is 96.1 cm³/mol. The van der Waals surface area contributed by atoms with E-state index in [-0.39, 0.29) is 11.8 Å². The molecule has 1 aromatic carbocycles. The first-order chi connectivity index (χ1) is 12.1. The molecule has 3 heterocycles. The van der Waals surface area contributed by atoms with Crippen LogP contribution in [0.15, 0.2) is 12.1 Å². The lowest BCUT2D eigenvalue weighted by molar-refractivity contribution is -0.134. The van der Waals surface area contributed by atoms with Crippen LogP contribution in [0.25, 0.3) is 0 Å². The lowest BCUT2D eigenvalue weighted by Gasteiger charge is -2.40. The summed E-state index contributed by atoms with van der Waals surface area (Å²) < 4.78 is 11.3. The van der Waals surface area contributed by atoms with Gasteiger partial charge in [-0.15, -0.1) is 0 Å². The minimum absolute atomic E-state index is 0.130. The molecular formula is C20H28N2O3. The van der Waals surface area contributed by atoms with E-state index in [1.165, 1.54) is 11.1 Å². The molecule has 0 N–H and O–H groups in total. The Labute approximate surface area is 149 Å². The summed E-state index contributed by atoms with van der Waals surface area (Å²) in [5, 5.41) is 0. The van der Waals surface area contributed by atoms with Gasteiger partial charge in [-0.1, -0.05) is 6.07 Å². The van der Waals surface area contributed by atoms with Crippen molar-refractivity contribution in [2.75, 3.05) is 46.0 Å². The van der Waals surface area contributed by atoms with Gasteiger partial charge >= 0.3 is 0 Å². The number of hydrogen-bond acceptors (Lipinski definition) is 4. The highest BCUT2D eigenvalue weighted by Crippen LogP contribution is 2.37. The molecule has 1 amide bonds. The first-order valence-electron chi connectivity index (χ1n) is 9.48. The molecule has 2 fully saturated rings. The van der Waals surface area contributed by atoms with Crippen molar-refractivity contribution in [3.63, 3.8) is 0 Å². The fourth-order valence-electron chi connectivity index (χ4n) is 4.29. The summed E-state index contributed by atoms with van der Waals surface area (Å²) in [5.41, 5.74) is 3.52. The molecule has 5 heteroatoms. The summed E-state index contributed by atoms with van der Waals surface area (Å²) >= 11 is 0. The molecule has 0 spiro atoms. The van der Waals surface area contributed by atoms with Crippen LogP contribution in [0.1, 0.15) is 35.4 Å². The number of benzene rings is 1. The molecular weight excluding hydrogens is 316 g/mol. The molecule has 1 aromatic rings. The topological polar surface area (TPSA) is 42.0 Å². The molecule has 3 aliphatic rings. The molecule has 5 nitrogen and oxygen atoms in total. The van der Waals surface area contributed by atoms with E-state index in [0.29, 0.717) is 12.6 Å². The van der Waals surface area contributed by atoms with Gasteiger partial charge in [-0.05, 0) is 43.9 Å². The summed E-state index contributed by atoms with van der Waals surface area (Å²) in [7, 11) is 0. The molecule has 1 atom stereocenters. The third-order valence-electron chi connectivity index (χ3n) is 6.04. The van der Waals surface area contributed by atoms with Crippen molar-refractivity contribution in [1.82, 2.24) is 9.80 Å². The average molecular weight is 344 g/mol. The Morgan fingerprint density at radius 2 is 1.72 bits per heavy atom. The number of nitrogens with zero attached hydrogens (tertiary/aromatic N) is 2. The molecule has 3 aliphatic heterocycles. The Kier molecular flexibility index (Phi) is 4.69. The highest BCUT2D eigenvalue weighted by molar-refractivity contribution is 5.86. The lowest BCUT2D eigenvalue weighted by Crippen LogP contribution is -2.50. The zero-order chi connectivity index (χ0) is 17.4. The number of carbonyl (C=O) groups excluding carboxylic acids is 1. The third kappa shape index (κ3) is 3.27. The molecule has 1 unspecified atom stereocenters. The van der Waals surface area contributed by atoms with Crippen molar-refractivity contribution < 1.29 is 14.3 Å². The third-order valence-corrected chi connectivity index (χ3v) is 6.04. The molecule has 25 heavy (non-hydrogen) atoms. The summed E-state index contributed by atoms with van der Waals surface area (Å²) in [6, 6.07) is 4.81. The monoisotopic (exact) mass is 344 g/mol. The number of hydrogen-bond donors (Lipinski definition) is 0. The average Bonchev–Trinajstić information content (AvgIpc) is 3.05. The fraction of sp³-hybridized carbons (Fsp3) is 0.650. The number of fused-ring (bicyclic) bond motifs is 1. The van der Waals surface area contributed by atoms with Crippen LogP contribution in [0.3, 0.4) is 0 Å². The van der Waals surface area contributed by atoms with E-state index in [1.807, 2.05) is 0 Å². The number of morpholine rings is 1. The smallest absolute Gasteiger partial charge is 0.233 e. The number of likely N-dealkylation sites (tertiary alicyclic amines) is 1. The highest BCUT2D eigenvalue weighted by Gasteiger charge is 2.36. The Morgan fingerprint density at radius 3 is 2.44 bits per heavy atom. The Balaban J connectivity index is 1.40. The van der Waals surface area contributed by atoms with E-state index in [2.05, 4.69) is 35.8 Å². The minimum atomic E-state index is -0.130. The maximum Gasteiger partial charge on any atom is 0.233 e. The predicted octanol–water partition coefficient (Wildman–Crippen LogP) is 2.10. The second-order valence-electron chi connectivity index (χ2n) is 7.54. The lowest BCUT2D eigenvalue weighted by atomic mass is 9.94. The van der Waals surface area contributed by atoms with Crippen molar-refractivity contribution in [2.45, 2.75) is 38.6 Å². The number of ether oxygens (including phenoxy) is 2. The molecule has 2 saturated heterocycles. The molecule has 0 saturated carbocycles. The van der Waals surface area contributed by atoms with Crippen LogP contribution in [0.2, 0.25) is 0 Å². The van der Waals surface area contributed by atoms with E-state index in [1.54, 1.807) is 0 Å². The van der Waals surface area contributed by atoms with Crippen LogP contribution < -0.4 is 4.74 Å². The Bertz CT molecular complexity index is 647. The molecule has 0 bridgehead atoms. The second-order valence-corrected chi connectivity index (χ2v) is 7.54. The van der Waals surface area contributed by atoms with Crippen LogP contribution in [0.4, 0.5) is 0 Å². The van der Waals surface area contributed by atoms with Crippen LogP contribution in [-0.2, 0) is 9.53 Å². The summed E-state index contributed by atoms with van der Waals surface area (Å²) in [5.74, 6) is 1.00. The summed E-state index contributed by atoms with van der Waals surface area (Å²) in [6.07, 6.45) is 2.14. The van der Waals surface area contributed by atoms with Gasteiger partial charge in [-0.2, -0.15) is 0 Å². The van der Waals surface area contributed by atoms with Crippen LogP contribution in [0.5, 0.6) is 5.75 Å². The molecule has 136 valence electrons. The van der Waals surface area contributed by atoms with Gasteiger partial charge in [-0.25, -0.2) is 0 Å². The molecule has 0 aromatic heterocycles. The number of piperidine rings is 1. The standard InChI is InChI=1S/C20H28N2O3/c1-14-11-17-18(13-25-19(17)12-15(14)2)20(23)22-5-3-16(4-6-22)21-7-9-24-10-8-21/h11-12,16,18H,3-10,13H2,1-2H3. The van der Waals surface area contributed by atoms with Crippen molar-refractivity contribution in [3.8, 4) is 5.75 Å². The Hall–Kier alpha value is -1.59. The van der Waals surface area contributed by atoms with Gasteiger partial charge in [0.1, 0.15) is 18.3 Å². The normalized spacial score (nSPS) is 24.9. The van der Waals surface area contributed by atoms with E-state index in [4.69, 9.17) is 9.47 Å². The maximum atomic E-state index is 13.1. The van der Waals surface area contributed by atoms with Gasteiger partial charge in [0, 0.05) is 37.8 Å². The first-order valence-corrected chi connectivity index (χ1v) is 9.48. The quantitative estimate of drug-likeness (QED) is 0.824. The van der Waals surface area contributed by atoms with E-state index in [0.717, 1.165) is 63.5 Å². The Morgan fingerprint density at radius 1 is 1.04 bits per heavy atom. The van der Waals surface area contributed by atoms with Crippen molar-refractivity contribution in [3.05, 3.63) is 28.8 Å². The van der Waals surface area contributed by atoms with Crippen molar-refractivity contribution >= 4 is 5.91 Å². The largest absolute Gasteiger partial charge is 0.492 e. The van der Waals surface area contributed by atoms with Crippen LogP contribution in [-0.4, -0.2) is 67.7 Å². The molecule has 4 rings (SSSR count). The zero-order valence-electron chi connectivity index (χ0n) is 15.3. The van der Waals surface area contributed by atoms with E-state index >= 15 is 0 Å². The van der Waals surface area contributed by atoms with Gasteiger partial charge in [-0.3, -0.25) is 9.69 Å². The molecule has 0 aliphatic carbocycles. The second kappa shape index (κ2) is 6.96. The van der Waals surface area contributed by atoms with Gasteiger partial charge in [0.05, 0.1) is 13.2 Å². The van der Waals surface area contributed by atoms with Gasteiger partial charge in [0.15, 0.2) is 0 Å². The fourth-order valence-corrected chi connectivity index (χ4v) is 4.29.